The van der Waals surface area contributed by atoms with E-state index >= 15 is 0 Å². The molecule has 2 aromatic carbocycles. The smallest absolute Gasteiger partial charge is 0.0721 e. The van der Waals surface area contributed by atoms with Gasteiger partial charge in [-0.3, -0.25) is 4.99 Å². The Bertz CT molecular complexity index is 696. The first-order valence-corrected chi connectivity index (χ1v) is 6.48. The number of aromatic nitrogens is 1. The molecule has 0 bridgehead atoms. The van der Waals surface area contributed by atoms with Crippen molar-refractivity contribution in [2.24, 2.45) is 4.99 Å². The number of aromatic amines is 1. The Morgan fingerprint density at radius 3 is 2.63 bits per heavy atom. The molecule has 2 nitrogen and oxygen atoms in total. The molecule has 0 aliphatic heterocycles. The van der Waals surface area contributed by atoms with Crippen LogP contribution in [0, 0.1) is 0 Å². The van der Waals surface area contributed by atoms with Crippen LogP contribution in [0.3, 0.4) is 0 Å². The summed E-state index contributed by atoms with van der Waals surface area (Å²) in [5.41, 5.74) is 2.27. The lowest BCUT2D eigenvalue weighted by molar-refractivity contribution is 0.826. The normalized spacial score (nSPS) is 13.1. The summed E-state index contributed by atoms with van der Waals surface area (Å²) in [6.07, 6.45) is 3.79. The highest BCUT2D eigenvalue weighted by Crippen LogP contribution is 2.22. The van der Waals surface area contributed by atoms with Crippen LogP contribution >= 0.6 is 0 Å². The molecule has 94 valence electrons. The second kappa shape index (κ2) is 5.11. The quantitative estimate of drug-likeness (QED) is 0.668. The summed E-state index contributed by atoms with van der Waals surface area (Å²) in [6.45, 7) is 2.11. The highest BCUT2D eigenvalue weighted by Gasteiger charge is 2.03. The Labute approximate surface area is 112 Å². The van der Waals surface area contributed by atoms with E-state index in [4.69, 9.17) is 0 Å². The van der Waals surface area contributed by atoms with E-state index in [-0.39, 0.29) is 6.04 Å². The standard InChI is InChI=1S/C17H16N2/c1-13(19-12-17-7-4-10-18-17)15-9-8-14-5-2-3-6-16(14)11-15/h2-13,18H,1H3/t13-/m0/s1. The molecule has 1 atom stereocenters. The Balaban J connectivity index is 1.87. The first-order chi connectivity index (χ1) is 9.33. The summed E-state index contributed by atoms with van der Waals surface area (Å²) in [5, 5.41) is 2.54. The molecule has 0 fully saturated rings. The molecule has 2 heteroatoms. The molecule has 1 aromatic heterocycles. The topological polar surface area (TPSA) is 28.1 Å². The predicted molar refractivity (Wildman–Crippen MR) is 80.7 cm³/mol. The van der Waals surface area contributed by atoms with Crippen LogP contribution in [0.5, 0.6) is 0 Å². The molecule has 0 saturated carbocycles. The molecule has 0 aliphatic rings. The van der Waals surface area contributed by atoms with Crippen molar-refractivity contribution in [3.05, 3.63) is 72.1 Å². The van der Waals surface area contributed by atoms with E-state index in [1.165, 1.54) is 16.3 Å². The molecule has 0 spiro atoms. The molecule has 0 radical (unpaired) electrons. The van der Waals surface area contributed by atoms with E-state index in [9.17, 15) is 0 Å². The van der Waals surface area contributed by atoms with Gasteiger partial charge in [-0.15, -0.1) is 0 Å². The van der Waals surface area contributed by atoms with Gasteiger partial charge in [0, 0.05) is 12.4 Å². The van der Waals surface area contributed by atoms with Crippen molar-refractivity contribution in [3.8, 4) is 0 Å². The number of hydrogen-bond acceptors (Lipinski definition) is 1. The van der Waals surface area contributed by atoms with Crippen LogP contribution in [0.2, 0.25) is 0 Å². The van der Waals surface area contributed by atoms with Crippen molar-refractivity contribution < 1.29 is 0 Å². The number of rotatable bonds is 3. The van der Waals surface area contributed by atoms with Gasteiger partial charge in [-0.2, -0.15) is 0 Å². The number of aliphatic imine (C=N–C) groups is 1. The summed E-state index contributed by atoms with van der Waals surface area (Å²) in [7, 11) is 0. The Morgan fingerprint density at radius 2 is 1.84 bits per heavy atom. The second-order valence-corrected chi connectivity index (χ2v) is 4.69. The lowest BCUT2D eigenvalue weighted by Crippen LogP contribution is -1.91. The Hall–Kier alpha value is -2.35. The minimum absolute atomic E-state index is 0.160. The average Bonchev–Trinajstić information content (AvgIpc) is 2.97. The monoisotopic (exact) mass is 248 g/mol. The Kier molecular flexibility index (Phi) is 3.15. The van der Waals surface area contributed by atoms with Gasteiger partial charge in [-0.25, -0.2) is 0 Å². The summed E-state index contributed by atoms with van der Waals surface area (Å²) in [4.78, 5) is 7.71. The minimum atomic E-state index is 0.160. The zero-order chi connectivity index (χ0) is 13.1. The zero-order valence-electron chi connectivity index (χ0n) is 10.9. The van der Waals surface area contributed by atoms with Crippen LogP contribution in [0.15, 0.2) is 65.8 Å². The molecule has 1 heterocycles. The number of benzene rings is 2. The number of H-pyrrole nitrogens is 1. The van der Waals surface area contributed by atoms with Gasteiger partial charge in [-0.1, -0.05) is 36.4 Å². The van der Waals surface area contributed by atoms with Gasteiger partial charge >= 0.3 is 0 Å². The van der Waals surface area contributed by atoms with Gasteiger partial charge in [0.2, 0.25) is 0 Å². The van der Waals surface area contributed by atoms with E-state index in [1.54, 1.807) is 0 Å². The highest BCUT2D eigenvalue weighted by atomic mass is 14.8. The summed E-state index contributed by atoms with van der Waals surface area (Å²) >= 11 is 0. The zero-order valence-corrected chi connectivity index (χ0v) is 10.9. The third-order valence-corrected chi connectivity index (χ3v) is 3.32. The van der Waals surface area contributed by atoms with Crippen molar-refractivity contribution in [1.29, 1.82) is 0 Å². The average molecular weight is 248 g/mol. The van der Waals surface area contributed by atoms with Crippen molar-refractivity contribution in [2.75, 3.05) is 0 Å². The SMILES string of the molecule is C[C@H](N=Cc1ccc[nH]1)c1ccc2ccccc2c1. The Morgan fingerprint density at radius 1 is 1.00 bits per heavy atom. The molecule has 3 rings (SSSR count). The molecule has 0 amide bonds. The molecule has 0 aliphatic carbocycles. The highest BCUT2D eigenvalue weighted by molar-refractivity contribution is 5.83. The maximum absolute atomic E-state index is 4.59. The van der Waals surface area contributed by atoms with E-state index in [0.717, 1.165) is 5.69 Å². The largest absolute Gasteiger partial charge is 0.360 e. The molecule has 3 aromatic rings. The molecular weight excluding hydrogens is 232 g/mol. The fourth-order valence-electron chi connectivity index (χ4n) is 2.17. The van der Waals surface area contributed by atoms with Gasteiger partial charge < -0.3 is 4.98 Å². The van der Waals surface area contributed by atoms with E-state index in [0.29, 0.717) is 0 Å². The van der Waals surface area contributed by atoms with Crippen LogP contribution in [-0.2, 0) is 0 Å². The predicted octanol–water partition coefficient (Wildman–Crippen LogP) is 4.35. The number of fused-ring (bicyclic) bond motifs is 1. The number of nitrogens with one attached hydrogen (secondary N) is 1. The van der Waals surface area contributed by atoms with Crippen molar-refractivity contribution in [2.45, 2.75) is 13.0 Å². The van der Waals surface area contributed by atoms with Gasteiger partial charge in [0.1, 0.15) is 0 Å². The van der Waals surface area contributed by atoms with Gasteiger partial charge in [0.25, 0.3) is 0 Å². The number of hydrogen-bond donors (Lipinski definition) is 1. The van der Waals surface area contributed by atoms with E-state index in [2.05, 4.69) is 59.4 Å². The van der Waals surface area contributed by atoms with Crippen molar-refractivity contribution in [3.63, 3.8) is 0 Å². The first-order valence-electron chi connectivity index (χ1n) is 6.48. The van der Waals surface area contributed by atoms with Crippen LogP contribution in [0.25, 0.3) is 10.8 Å². The molecule has 0 saturated heterocycles. The van der Waals surface area contributed by atoms with Crippen molar-refractivity contribution >= 4 is 17.0 Å². The maximum atomic E-state index is 4.59. The van der Waals surface area contributed by atoms with Crippen LogP contribution in [0.4, 0.5) is 0 Å². The fourth-order valence-corrected chi connectivity index (χ4v) is 2.17. The molecule has 19 heavy (non-hydrogen) atoms. The lowest BCUT2D eigenvalue weighted by Gasteiger charge is -2.08. The maximum Gasteiger partial charge on any atom is 0.0721 e. The van der Waals surface area contributed by atoms with Crippen LogP contribution in [-0.4, -0.2) is 11.2 Å². The van der Waals surface area contributed by atoms with E-state index < -0.39 is 0 Å². The molecule has 0 unspecified atom stereocenters. The minimum Gasteiger partial charge on any atom is -0.360 e. The lowest BCUT2D eigenvalue weighted by atomic mass is 10.0. The summed E-state index contributed by atoms with van der Waals surface area (Å²) in [5.74, 6) is 0. The second-order valence-electron chi connectivity index (χ2n) is 4.69. The van der Waals surface area contributed by atoms with Crippen LogP contribution in [0.1, 0.15) is 24.2 Å². The molecule has 1 N–H and O–H groups in total. The first kappa shape index (κ1) is 11.7. The number of nitrogens with zero attached hydrogens (tertiary/aromatic N) is 1. The third kappa shape index (κ3) is 2.58. The summed E-state index contributed by atoms with van der Waals surface area (Å²) in [6, 6.07) is 19.1. The van der Waals surface area contributed by atoms with Crippen molar-refractivity contribution in [1.82, 2.24) is 4.98 Å². The van der Waals surface area contributed by atoms with Gasteiger partial charge in [0.15, 0.2) is 0 Å². The van der Waals surface area contributed by atoms with Crippen LogP contribution < -0.4 is 0 Å². The molecular formula is C17H16N2. The van der Waals surface area contributed by atoms with E-state index in [1.807, 2.05) is 24.5 Å². The fraction of sp³-hybridized carbons (Fsp3) is 0.118. The van der Waals surface area contributed by atoms with Gasteiger partial charge in [0.05, 0.1) is 11.7 Å². The van der Waals surface area contributed by atoms with Gasteiger partial charge in [-0.05, 0) is 41.5 Å². The third-order valence-electron chi connectivity index (χ3n) is 3.32. The summed E-state index contributed by atoms with van der Waals surface area (Å²) < 4.78 is 0.